The first-order chi connectivity index (χ1) is 10.9. The minimum atomic E-state index is -1.33. The van der Waals surface area contributed by atoms with Crippen LogP contribution in [-0.4, -0.2) is 26.6 Å². The molecule has 0 saturated carbocycles. The van der Waals surface area contributed by atoms with Gasteiger partial charge in [0, 0.05) is 11.1 Å². The molecule has 0 unspecified atom stereocenters. The van der Waals surface area contributed by atoms with E-state index in [4.69, 9.17) is 11.0 Å². The summed E-state index contributed by atoms with van der Waals surface area (Å²) in [4.78, 5) is 35.7. The van der Waals surface area contributed by atoms with Gasteiger partial charge in [-0.3, -0.25) is 9.59 Å². The second-order valence-electron chi connectivity index (χ2n) is 4.76. The van der Waals surface area contributed by atoms with Gasteiger partial charge in [-0.1, -0.05) is 18.2 Å². The Kier molecular flexibility index (Phi) is 4.23. The third kappa shape index (κ3) is 2.94. The van der Waals surface area contributed by atoms with E-state index in [0.717, 1.165) is 4.68 Å². The molecule has 0 aliphatic rings. The number of rotatable bonds is 4. The predicted molar refractivity (Wildman–Crippen MR) is 80.5 cm³/mol. The highest BCUT2D eigenvalue weighted by Crippen LogP contribution is 2.13. The van der Waals surface area contributed by atoms with Gasteiger partial charge in [-0.25, -0.2) is 9.48 Å². The van der Waals surface area contributed by atoms with Gasteiger partial charge in [-0.05, 0) is 13.0 Å². The van der Waals surface area contributed by atoms with Crippen LogP contribution in [0.4, 0.5) is 0 Å². The lowest BCUT2D eigenvalue weighted by molar-refractivity contribution is -0.116. The number of nitrogens with zero attached hydrogens (tertiary/aromatic N) is 3. The average Bonchev–Trinajstić information content (AvgIpc) is 2.50. The maximum Gasteiger partial charge on any atom is 0.357 e. The number of Topliss-reactive ketones (excluding diaryl/α,β-unsaturated/α-hetero) is 1. The van der Waals surface area contributed by atoms with Crippen molar-refractivity contribution in [2.24, 2.45) is 5.73 Å². The zero-order chi connectivity index (χ0) is 17.1. The summed E-state index contributed by atoms with van der Waals surface area (Å²) in [5.41, 5.74) is 4.21. The summed E-state index contributed by atoms with van der Waals surface area (Å²) in [6, 6.07) is 7.73. The van der Waals surface area contributed by atoms with E-state index in [1.807, 2.05) is 0 Å². The number of nitriles is 1. The molecule has 23 heavy (non-hydrogen) atoms. The largest absolute Gasteiger partial charge is 0.476 e. The maximum absolute atomic E-state index is 12.3. The van der Waals surface area contributed by atoms with E-state index in [2.05, 4.69) is 5.10 Å². The van der Waals surface area contributed by atoms with Gasteiger partial charge >= 0.3 is 5.97 Å². The minimum absolute atomic E-state index is 0.0183. The molecule has 1 heterocycles. The molecule has 0 aliphatic carbocycles. The number of allylic oxidation sites excluding steroid dienone is 2. The smallest absolute Gasteiger partial charge is 0.357 e. The van der Waals surface area contributed by atoms with Gasteiger partial charge in [0.1, 0.15) is 18.2 Å². The van der Waals surface area contributed by atoms with Crippen molar-refractivity contribution < 1.29 is 14.7 Å². The molecule has 1 aromatic carbocycles. The zero-order valence-corrected chi connectivity index (χ0v) is 12.1. The Labute approximate surface area is 130 Å². The molecule has 8 heteroatoms. The van der Waals surface area contributed by atoms with Crippen molar-refractivity contribution in [3.63, 3.8) is 0 Å². The van der Waals surface area contributed by atoms with Crippen molar-refractivity contribution in [3.8, 4) is 6.07 Å². The summed E-state index contributed by atoms with van der Waals surface area (Å²) in [5.74, 6) is -2.04. The van der Waals surface area contributed by atoms with Gasteiger partial charge in [0.15, 0.2) is 11.5 Å². The normalized spacial score (nSPS) is 11.7. The van der Waals surface area contributed by atoms with Crippen molar-refractivity contribution >= 4 is 22.5 Å². The number of benzene rings is 1. The standard InChI is InChI=1S/C15H12N4O4/c1-8(17)11(6-16)12(20)7-19-14(21)10-5-3-2-4-9(10)13(18-19)15(22)23/h2-5H,7,17H2,1H3,(H,22,23). The molecule has 0 saturated heterocycles. The number of hydrogen-bond acceptors (Lipinski definition) is 6. The number of hydrogen-bond donors (Lipinski definition) is 2. The Morgan fingerprint density at radius 1 is 1.35 bits per heavy atom. The first kappa shape index (κ1) is 15.9. The lowest BCUT2D eigenvalue weighted by Gasteiger charge is -2.08. The van der Waals surface area contributed by atoms with Crippen molar-refractivity contribution in [2.45, 2.75) is 13.5 Å². The van der Waals surface area contributed by atoms with Crippen LogP contribution in [0.1, 0.15) is 17.4 Å². The summed E-state index contributed by atoms with van der Waals surface area (Å²) in [5, 5.41) is 22.2. The quantitative estimate of drug-likeness (QED) is 0.616. The van der Waals surface area contributed by atoms with Crippen LogP contribution in [0.15, 0.2) is 40.3 Å². The lowest BCUT2D eigenvalue weighted by atomic mass is 10.1. The molecule has 0 amide bonds. The first-order valence-electron chi connectivity index (χ1n) is 6.49. The van der Waals surface area contributed by atoms with Gasteiger partial charge in [-0.2, -0.15) is 10.4 Å². The van der Waals surface area contributed by atoms with E-state index in [1.165, 1.54) is 19.1 Å². The fraction of sp³-hybridized carbons (Fsp3) is 0.133. The van der Waals surface area contributed by atoms with Crippen LogP contribution < -0.4 is 11.3 Å². The van der Waals surface area contributed by atoms with Gasteiger partial charge in [0.25, 0.3) is 5.56 Å². The van der Waals surface area contributed by atoms with Crippen LogP contribution in [0.5, 0.6) is 0 Å². The number of fused-ring (bicyclic) bond motifs is 1. The van der Waals surface area contributed by atoms with Crippen LogP contribution >= 0.6 is 0 Å². The second-order valence-corrected chi connectivity index (χ2v) is 4.76. The van der Waals surface area contributed by atoms with E-state index in [0.29, 0.717) is 0 Å². The molecule has 3 N–H and O–H groups in total. The molecule has 0 spiro atoms. The number of carboxylic acid groups (broad SMARTS) is 1. The van der Waals surface area contributed by atoms with E-state index in [9.17, 15) is 19.5 Å². The highest BCUT2D eigenvalue weighted by Gasteiger charge is 2.19. The summed E-state index contributed by atoms with van der Waals surface area (Å²) in [6.07, 6.45) is 0. The molecule has 116 valence electrons. The van der Waals surface area contributed by atoms with Crippen molar-refractivity contribution in [2.75, 3.05) is 0 Å². The summed E-state index contributed by atoms with van der Waals surface area (Å²) in [7, 11) is 0. The Hall–Kier alpha value is -3.47. The molecule has 0 bridgehead atoms. The Bertz CT molecular complexity index is 946. The van der Waals surface area contributed by atoms with E-state index in [1.54, 1.807) is 18.2 Å². The molecule has 0 fully saturated rings. The third-order valence-corrected chi connectivity index (χ3v) is 3.15. The molecule has 0 radical (unpaired) electrons. The number of aromatic nitrogens is 2. The number of aromatic carboxylic acids is 1. The Morgan fingerprint density at radius 3 is 2.48 bits per heavy atom. The summed E-state index contributed by atoms with van der Waals surface area (Å²) in [6.45, 7) is 0.817. The van der Waals surface area contributed by atoms with Gasteiger partial charge in [-0.15, -0.1) is 0 Å². The Balaban J connectivity index is 2.64. The van der Waals surface area contributed by atoms with Crippen LogP contribution in [0.3, 0.4) is 0 Å². The predicted octanol–water partition coefficient (Wildman–Crippen LogP) is 0.420. The average molecular weight is 312 g/mol. The van der Waals surface area contributed by atoms with E-state index < -0.39 is 23.9 Å². The van der Waals surface area contributed by atoms with E-state index >= 15 is 0 Å². The van der Waals surface area contributed by atoms with Gasteiger partial charge in [0.2, 0.25) is 0 Å². The number of nitrogens with two attached hydrogens (primary N) is 1. The van der Waals surface area contributed by atoms with Crippen LogP contribution in [0, 0.1) is 11.3 Å². The van der Waals surface area contributed by atoms with Crippen LogP contribution in [-0.2, 0) is 11.3 Å². The minimum Gasteiger partial charge on any atom is -0.476 e. The summed E-state index contributed by atoms with van der Waals surface area (Å²) < 4.78 is 0.731. The number of ketones is 1. The molecule has 0 aliphatic heterocycles. The fourth-order valence-electron chi connectivity index (χ4n) is 2.09. The zero-order valence-electron chi connectivity index (χ0n) is 12.1. The highest BCUT2D eigenvalue weighted by atomic mass is 16.4. The molecule has 8 nitrogen and oxygen atoms in total. The first-order valence-corrected chi connectivity index (χ1v) is 6.49. The molecular weight excluding hydrogens is 300 g/mol. The topological polar surface area (TPSA) is 139 Å². The third-order valence-electron chi connectivity index (χ3n) is 3.15. The number of carbonyl (C=O) groups excluding carboxylic acids is 1. The van der Waals surface area contributed by atoms with Crippen molar-refractivity contribution in [1.29, 1.82) is 5.26 Å². The lowest BCUT2D eigenvalue weighted by Crippen LogP contribution is -2.30. The molecule has 1 aromatic heterocycles. The van der Waals surface area contributed by atoms with Crippen molar-refractivity contribution in [1.82, 2.24) is 9.78 Å². The second kappa shape index (κ2) is 6.11. The SMILES string of the molecule is CC(N)=C(C#N)C(=O)Cn1nc(C(=O)O)c2ccccc2c1=O. The van der Waals surface area contributed by atoms with Crippen LogP contribution in [0.25, 0.3) is 10.8 Å². The Morgan fingerprint density at radius 2 is 1.96 bits per heavy atom. The fourth-order valence-corrected chi connectivity index (χ4v) is 2.09. The maximum atomic E-state index is 12.3. The molecule has 2 rings (SSSR count). The number of carboxylic acids is 1. The summed E-state index contributed by atoms with van der Waals surface area (Å²) >= 11 is 0. The van der Waals surface area contributed by atoms with Gasteiger partial charge in [0.05, 0.1) is 5.39 Å². The molecular formula is C15H12N4O4. The monoisotopic (exact) mass is 312 g/mol. The van der Waals surface area contributed by atoms with Gasteiger partial charge < -0.3 is 10.8 Å². The molecule has 2 aromatic rings. The van der Waals surface area contributed by atoms with Crippen LogP contribution in [0.2, 0.25) is 0 Å². The highest BCUT2D eigenvalue weighted by molar-refractivity contribution is 6.02. The van der Waals surface area contributed by atoms with E-state index in [-0.39, 0.29) is 27.7 Å². The van der Waals surface area contributed by atoms with Crippen molar-refractivity contribution in [3.05, 3.63) is 51.6 Å². The molecule has 0 atom stereocenters. The number of carbonyl (C=O) groups is 2.